The van der Waals surface area contributed by atoms with E-state index in [1.165, 1.54) is 43.8 Å². The average Bonchev–Trinajstić information content (AvgIpc) is 3.26. The summed E-state index contributed by atoms with van der Waals surface area (Å²) in [6, 6.07) is 13.0. The van der Waals surface area contributed by atoms with Crippen LogP contribution in [0.3, 0.4) is 0 Å². The number of aromatic nitrogens is 3. The van der Waals surface area contributed by atoms with Gasteiger partial charge in [-0.05, 0) is 48.6 Å². The molecule has 0 amide bonds. The lowest BCUT2D eigenvalue weighted by Gasteiger charge is -2.11. The summed E-state index contributed by atoms with van der Waals surface area (Å²) in [6.07, 6.45) is 0. The summed E-state index contributed by atoms with van der Waals surface area (Å²) in [5.41, 5.74) is 1.33. The zero-order valence-electron chi connectivity index (χ0n) is 18.7. The maximum atomic E-state index is 12.8. The molecular weight excluding hydrogens is 512 g/mol. The highest BCUT2D eigenvalue weighted by Gasteiger charge is 2.17. The van der Waals surface area contributed by atoms with Gasteiger partial charge in [-0.25, -0.2) is 13.4 Å². The highest BCUT2D eigenvalue weighted by atomic mass is 32.2. The third kappa shape index (κ3) is 5.67. The molecule has 11 nitrogen and oxygen atoms in total. The molecule has 2 heterocycles. The average molecular weight is 533 g/mol. The summed E-state index contributed by atoms with van der Waals surface area (Å²) < 4.78 is 44.2. The molecule has 0 aliphatic rings. The van der Waals surface area contributed by atoms with E-state index < -0.39 is 10.0 Å². The number of rotatable bonds is 8. The fourth-order valence-corrected chi connectivity index (χ4v) is 5.13. The smallest absolute Gasteiger partial charge is 0.321 e. The summed E-state index contributed by atoms with van der Waals surface area (Å²) in [4.78, 5) is 12.5. The Morgan fingerprint density at radius 3 is 2.40 bits per heavy atom. The second kappa shape index (κ2) is 10.2. The van der Waals surface area contributed by atoms with Gasteiger partial charge in [0.1, 0.15) is 11.3 Å². The number of anilines is 3. The number of fused-ring (bicyclic) bond motifs is 1. The van der Waals surface area contributed by atoms with Crippen LogP contribution in [-0.2, 0) is 10.0 Å². The van der Waals surface area contributed by atoms with E-state index in [0.717, 1.165) is 10.2 Å². The number of nitrogens with one attached hydrogen (secondary N) is 3. The zero-order chi connectivity index (χ0) is 25.0. The first-order valence-electron chi connectivity index (χ1n) is 9.93. The third-order valence-corrected chi connectivity index (χ3v) is 7.07. The summed E-state index contributed by atoms with van der Waals surface area (Å²) >= 11 is 6.80. The number of ether oxygens (including phenoxy) is 3. The number of thiazole rings is 1. The normalized spacial score (nSPS) is 11.1. The van der Waals surface area contributed by atoms with Crippen molar-refractivity contribution in [2.24, 2.45) is 0 Å². The van der Waals surface area contributed by atoms with Gasteiger partial charge in [-0.15, -0.1) is 0 Å². The van der Waals surface area contributed by atoms with E-state index >= 15 is 0 Å². The number of thiocarbonyl (C=S) groups is 1. The van der Waals surface area contributed by atoms with Crippen molar-refractivity contribution in [1.82, 2.24) is 15.0 Å². The molecule has 0 saturated heterocycles. The molecule has 0 saturated carbocycles. The summed E-state index contributed by atoms with van der Waals surface area (Å²) in [6.45, 7) is 0. The highest BCUT2D eigenvalue weighted by Crippen LogP contribution is 2.32. The van der Waals surface area contributed by atoms with E-state index in [1.54, 1.807) is 19.2 Å². The van der Waals surface area contributed by atoms with Crippen LogP contribution in [0.25, 0.3) is 10.2 Å². The van der Waals surface area contributed by atoms with Crippen LogP contribution in [0, 0.1) is 0 Å². The Balaban J connectivity index is 1.43. The first-order valence-corrected chi connectivity index (χ1v) is 12.6. The van der Waals surface area contributed by atoms with Gasteiger partial charge < -0.3 is 24.8 Å². The van der Waals surface area contributed by atoms with Crippen molar-refractivity contribution in [2.75, 3.05) is 36.7 Å². The van der Waals surface area contributed by atoms with Crippen LogP contribution in [0.4, 0.5) is 16.6 Å². The monoisotopic (exact) mass is 532 g/mol. The minimum atomic E-state index is -3.93. The zero-order valence-corrected chi connectivity index (χ0v) is 21.2. The van der Waals surface area contributed by atoms with E-state index in [1.807, 2.05) is 18.2 Å². The number of benzene rings is 2. The minimum absolute atomic E-state index is 0.00810. The van der Waals surface area contributed by atoms with E-state index in [-0.39, 0.29) is 22.6 Å². The van der Waals surface area contributed by atoms with E-state index in [0.29, 0.717) is 21.7 Å². The molecule has 4 rings (SSSR count). The molecule has 4 aromatic rings. The molecule has 0 atom stereocenters. The Morgan fingerprint density at radius 2 is 1.71 bits per heavy atom. The molecule has 0 unspecified atom stereocenters. The van der Waals surface area contributed by atoms with Gasteiger partial charge in [-0.3, -0.25) is 4.72 Å². The predicted octanol–water partition coefficient (Wildman–Crippen LogP) is 3.72. The van der Waals surface area contributed by atoms with Crippen LogP contribution in [0.15, 0.2) is 53.4 Å². The second-order valence-electron chi connectivity index (χ2n) is 6.82. The largest absolute Gasteiger partial charge is 0.494 e. The molecule has 35 heavy (non-hydrogen) atoms. The Kier molecular flexibility index (Phi) is 7.14. The second-order valence-corrected chi connectivity index (χ2v) is 9.94. The minimum Gasteiger partial charge on any atom is -0.494 e. The SMILES string of the molecule is COc1cc(NS(=O)(=O)c2ccc(NC(=S)Nc3nc4c(OC)cccc4s3)cc2)nc(OC)n1. The van der Waals surface area contributed by atoms with Gasteiger partial charge in [-0.2, -0.15) is 9.97 Å². The van der Waals surface area contributed by atoms with E-state index in [4.69, 9.17) is 26.4 Å². The molecule has 0 bridgehead atoms. The van der Waals surface area contributed by atoms with Gasteiger partial charge >= 0.3 is 6.01 Å². The van der Waals surface area contributed by atoms with Crippen molar-refractivity contribution >= 4 is 65.5 Å². The van der Waals surface area contributed by atoms with Crippen LogP contribution < -0.4 is 29.6 Å². The maximum absolute atomic E-state index is 12.8. The third-order valence-electron chi connectivity index (χ3n) is 4.56. The van der Waals surface area contributed by atoms with Crippen molar-refractivity contribution in [3.8, 4) is 17.6 Å². The fraction of sp³-hybridized carbons (Fsp3) is 0.143. The number of nitrogens with zero attached hydrogens (tertiary/aromatic N) is 3. The molecule has 2 aromatic carbocycles. The molecule has 182 valence electrons. The van der Waals surface area contributed by atoms with Crippen LogP contribution in [0.5, 0.6) is 17.6 Å². The molecule has 0 radical (unpaired) electrons. The lowest BCUT2D eigenvalue weighted by molar-refractivity contribution is 0.353. The number of methoxy groups -OCH3 is 3. The van der Waals surface area contributed by atoms with Gasteiger partial charge in [0.05, 0.1) is 30.9 Å². The van der Waals surface area contributed by atoms with Crippen LogP contribution >= 0.6 is 23.6 Å². The van der Waals surface area contributed by atoms with Crippen molar-refractivity contribution in [2.45, 2.75) is 4.90 Å². The Labute approximate surface area is 210 Å². The topological polar surface area (TPSA) is 137 Å². The molecule has 14 heteroatoms. The van der Waals surface area contributed by atoms with Gasteiger partial charge in [-0.1, -0.05) is 17.4 Å². The first-order chi connectivity index (χ1) is 16.8. The molecule has 3 N–H and O–H groups in total. The number of hydrogen-bond donors (Lipinski definition) is 3. The first kappa shape index (κ1) is 24.4. The van der Waals surface area contributed by atoms with E-state index in [2.05, 4.69) is 30.3 Å². The number of para-hydroxylation sites is 1. The van der Waals surface area contributed by atoms with Crippen LogP contribution in [-0.4, -0.2) is 49.8 Å². The summed E-state index contributed by atoms with van der Waals surface area (Å²) in [5, 5.41) is 6.94. The maximum Gasteiger partial charge on any atom is 0.321 e. The lowest BCUT2D eigenvalue weighted by atomic mass is 10.3. The Hall–Kier alpha value is -3.75. The van der Waals surface area contributed by atoms with Gasteiger partial charge in [0, 0.05) is 11.8 Å². The Morgan fingerprint density at radius 1 is 0.943 bits per heavy atom. The summed E-state index contributed by atoms with van der Waals surface area (Å²) in [5.74, 6) is 0.838. The molecular formula is C21H20N6O5S3. The van der Waals surface area contributed by atoms with Crippen LogP contribution in [0.2, 0.25) is 0 Å². The van der Waals surface area contributed by atoms with Gasteiger partial charge in [0.15, 0.2) is 16.1 Å². The fourth-order valence-electron chi connectivity index (χ4n) is 2.97. The van der Waals surface area contributed by atoms with Gasteiger partial charge in [0.25, 0.3) is 10.0 Å². The highest BCUT2D eigenvalue weighted by molar-refractivity contribution is 7.92. The number of hydrogen-bond acceptors (Lipinski definition) is 10. The predicted molar refractivity (Wildman–Crippen MR) is 138 cm³/mol. The van der Waals surface area contributed by atoms with Crippen molar-refractivity contribution in [1.29, 1.82) is 0 Å². The molecule has 0 aliphatic carbocycles. The van der Waals surface area contributed by atoms with Crippen LogP contribution in [0.1, 0.15) is 0 Å². The standard InChI is InChI=1S/C21H20N6O5S3/c1-30-14-5-4-6-15-18(14)25-21(34-15)26-20(33)22-12-7-9-13(10-8-12)35(28,29)27-16-11-17(31-2)24-19(23-16)32-3/h4-11H,1-3H3,(H,23,24,27)(H2,22,25,26,33). The number of sulfonamides is 1. The molecule has 0 fully saturated rings. The van der Waals surface area contributed by atoms with Crippen molar-refractivity contribution < 1.29 is 22.6 Å². The molecule has 0 spiro atoms. The molecule has 0 aliphatic heterocycles. The summed E-state index contributed by atoms with van der Waals surface area (Å²) in [7, 11) is 0.433. The van der Waals surface area contributed by atoms with Crippen molar-refractivity contribution in [3.63, 3.8) is 0 Å². The Bertz CT molecular complexity index is 1450. The molecule has 2 aromatic heterocycles. The van der Waals surface area contributed by atoms with Gasteiger partial charge in [0.2, 0.25) is 5.88 Å². The quantitative estimate of drug-likeness (QED) is 0.286. The van der Waals surface area contributed by atoms with Crippen molar-refractivity contribution in [3.05, 3.63) is 48.5 Å². The lowest BCUT2D eigenvalue weighted by Crippen LogP contribution is -2.19. The van der Waals surface area contributed by atoms with E-state index in [9.17, 15) is 8.42 Å².